The topological polar surface area (TPSA) is 142 Å². The number of benzene rings is 1. The molecule has 0 spiro atoms. The van der Waals surface area contributed by atoms with Gasteiger partial charge in [-0.25, -0.2) is 9.37 Å². The predicted octanol–water partition coefficient (Wildman–Crippen LogP) is 2.32. The van der Waals surface area contributed by atoms with Crippen molar-refractivity contribution in [2.45, 2.75) is 32.6 Å². The van der Waals surface area contributed by atoms with Gasteiger partial charge in [0.2, 0.25) is 5.88 Å². The molecule has 13 heteroatoms. The average molecular weight is 424 g/mol. The zero-order valence-electron chi connectivity index (χ0n) is 15.7. The summed E-state index contributed by atoms with van der Waals surface area (Å²) in [6.07, 6.45) is 0. The van der Waals surface area contributed by atoms with Crippen LogP contribution in [-0.4, -0.2) is 39.5 Å². The van der Waals surface area contributed by atoms with E-state index in [1.54, 1.807) is 20.8 Å². The third-order valence-electron chi connectivity index (χ3n) is 4.13. The first-order chi connectivity index (χ1) is 13.7. The van der Waals surface area contributed by atoms with Crippen molar-refractivity contribution in [3.05, 3.63) is 45.1 Å². The molecule has 3 aromatic rings. The highest BCUT2D eigenvalue weighted by Gasteiger charge is 2.27. The molecule has 0 unspecified atom stereocenters. The fraction of sp³-hybridized carbons (Fsp3) is 0.312. The lowest BCUT2D eigenvalue weighted by Gasteiger charge is -2.10. The van der Waals surface area contributed by atoms with Gasteiger partial charge in [0.05, 0.1) is 17.2 Å². The van der Waals surface area contributed by atoms with E-state index in [0.717, 1.165) is 4.52 Å². The second-order valence-electron chi connectivity index (χ2n) is 6.02. The molecule has 154 valence electrons. The van der Waals surface area contributed by atoms with E-state index in [4.69, 9.17) is 4.74 Å². The molecule has 1 N–H and O–H groups in total. The smallest absolute Gasteiger partial charge is 0.299 e. The molecule has 0 radical (unpaired) electrons. The van der Waals surface area contributed by atoms with Crippen LogP contribution < -0.4 is 9.46 Å². The van der Waals surface area contributed by atoms with Gasteiger partial charge in [0, 0.05) is 12.1 Å². The minimum Gasteiger partial charge on any atom is -0.478 e. The molecule has 11 nitrogen and oxygen atoms in total. The van der Waals surface area contributed by atoms with Crippen LogP contribution in [0.25, 0.3) is 5.78 Å². The van der Waals surface area contributed by atoms with Crippen molar-refractivity contribution in [3.8, 4) is 5.88 Å². The summed E-state index contributed by atoms with van der Waals surface area (Å²) >= 11 is 0. The number of anilines is 1. The molecule has 0 atom stereocenters. The Bertz CT molecular complexity index is 1210. The van der Waals surface area contributed by atoms with E-state index in [1.165, 1.54) is 18.2 Å². The number of aromatic nitrogens is 4. The predicted molar refractivity (Wildman–Crippen MR) is 100 cm³/mol. The van der Waals surface area contributed by atoms with Gasteiger partial charge in [-0.2, -0.15) is 17.9 Å². The normalized spacial score (nSPS) is 11.6. The molecule has 0 saturated heterocycles. The van der Waals surface area contributed by atoms with Gasteiger partial charge >= 0.3 is 0 Å². The molecule has 0 amide bonds. The highest BCUT2D eigenvalue weighted by molar-refractivity contribution is 7.92. The van der Waals surface area contributed by atoms with Crippen molar-refractivity contribution in [2.75, 3.05) is 11.3 Å². The van der Waals surface area contributed by atoms with Crippen LogP contribution in [0.2, 0.25) is 0 Å². The Hall–Kier alpha value is -3.35. The van der Waals surface area contributed by atoms with E-state index in [9.17, 15) is 22.9 Å². The lowest BCUT2D eigenvalue weighted by Crippen LogP contribution is -2.17. The average Bonchev–Trinajstić information content (AvgIpc) is 3.10. The van der Waals surface area contributed by atoms with Gasteiger partial charge in [-0.05, 0) is 31.9 Å². The van der Waals surface area contributed by atoms with Gasteiger partial charge in [-0.3, -0.25) is 14.8 Å². The number of nitro benzene ring substituents is 1. The summed E-state index contributed by atoms with van der Waals surface area (Å²) in [6.45, 7) is 4.26. The summed E-state index contributed by atoms with van der Waals surface area (Å²) in [5, 5.41) is 14.5. The zero-order valence-corrected chi connectivity index (χ0v) is 16.5. The minimum absolute atomic E-state index is 0.00424. The summed E-state index contributed by atoms with van der Waals surface area (Å²) in [5.74, 6) is -0.115. The highest BCUT2D eigenvalue weighted by Crippen LogP contribution is 2.32. The van der Waals surface area contributed by atoms with E-state index < -0.39 is 32.5 Å². The number of fused-ring (bicyclic) bond motifs is 1. The van der Waals surface area contributed by atoms with Gasteiger partial charge in [0.25, 0.3) is 26.6 Å². The fourth-order valence-corrected chi connectivity index (χ4v) is 3.57. The summed E-state index contributed by atoms with van der Waals surface area (Å²) in [4.78, 5) is 18.3. The molecular formula is C16H17FN6O5S. The number of nitrogens with one attached hydrogen (secondary N) is 1. The Morgan fingerprint density at radius 1 is 1.31 bits per heavy atom. The summed E-state index contributed by atoms with van der Waals surface area (Å²) < 4.78 is 47.2. The van der Waals surface area contributed by atoms with Crippen LogP contribution >= 0.6 is 0 Å². The van der Waals surface area contributed by atoms with Gasteiger partial charge in [0.1, 0.15) is 12.4 Å². The number of hydrogen-bond donors (Lipinski definition) is 1. The first kappa shape index (κ1) is 20.4. The Balaban J connectivity index is 2.12. The standard InChI is InChI=1S/C16H17FN6O5S/c1-4-28-13-7-11(8-17)18-15-19-16(20-22(13)15)29(26,27)21-14-10(3)9(2)5-6-12(14)23(24)25/h5-7,21H,4,8H2,1-3H3. The molecule has 2 heterocycles. The largest absolute Gasteiger partial charge is 0.478 e. The van der Waals surface area contributed by atoms with E-state index in [2.05, 4.69) is 19.8 Å². The number of aryl methyl sites for hydroxylation is 1. The van der Waals surface area contributed by atoms with Crippen LogP contribution in [0.3, 0.4) is 0 Å². The lowest BCUT2D eigenvalue weighted by atomic mass is 10.1. The second kappa shape index (κ2) is 7.58. The van der Waals surface area contributed by atoms with E-state index in [-0.39, 0.29) is 29.6 Å². The van der Waals surface area contributed by atoms with Crippen molar-refractivity contribution in [1.29, 1.82) is 0 Å². The SMILES string of the molecule is CCOc1cc(CF)nc2nc(S(=O)(=O)Nc3c([N+](=O)[O-])ccc(C)c3C)nn12. The Morgan fingerprint density at radius 2 is 2.03 bits per heavy atom. The maximum absolute atomic E-state index is 13.0. The van der Waals surface area contributed by atoms with E-state index in [1.807, 2.05) is 0 Å². The molecule has 0 saturated carbocycles. The molecule has 2 aromatic heterocycles. The van der Waals surface area contributed by atoms with Crippen LogP contribution in [0.5, 0.6) is 5.88 Å². The number of alkyl halides is 1. The molecular weight excluding hydrogens is 407 g/mol. The number of sulfonamides is 1. The van der Waals surface area contributed by atoms with Crippen molar-refractivity contribution >= 4 is 27.2 Å². The molecule has 1 aromatic carbocycles. The van der Waals surface area contributed by atoms with Crippen molar-refractivity contribution < 1.29 is 22.5 Å². The monoisotopic (exact) mass is 424 g/mol. The summed E-state index contributed by atoms with van der Waals surface area (Å²) in [7, 11) is -4.41. The molecule has 0 fully saturated rings. The third kappa shape index (κ3) is 3.81. The molecule has 3 rings (SSSR count). The minimum atomic E-state index is -4.41. The van der Waals surface area contributed by atoms with Crippen LogP contribution in [-0.2, 0) is 16.7 Å². The fourth-order valence-electron chi connectivity index (χ4n) is 2.57. The van der Waals surface area contributed by atoms with E-state index in [0.29, 0.717) is 11.1 Å². The van der Waals surface area contributed by atoms with Gasteiger partial charge < -0.3 is 4.74 Å². The first-order valence-corrected chi connectivity index (χ1v) is 9.89. The molecule has 0 bridgehead atoms. The summed E-state index contributed by atoms with van der Waals surface area (Å²) in [6, 6.07) is 4.01. The Labute approximate surface area is 164 Å². The van der Waals surface area contributed by atoms with Gasteiger partial charge in [0.15, 0.2) is 0 Å². The van der Waals surface area contributed by atoms with Crippen molar-refractivity contribution in [3.63, 3.8) is 0 Å². The van der Waals surface area contributed by atoms with Crippen molar-refractivity contribution in [2.24, 2.45) is 0 Å². The zero-order chi connectivity index (χ0) is 21.3. The molecule has 29 heavy (non-hydrogen) atoms. The maximum atomic E-state index is 13.0. The Morgan fingerprint density at radius 3 is 2.66 bits per heavy atom. The van der Waals surface area contributed by atoms with Crippen LogP contribution in [0.4, 0.5) is 15.8 Å². The van der Waals surface area contributed by atoms with Crippen LogP contribution in [0, 0.1) is 24.0 Å². The quantitative estimate of drug-likeness (QED) is 0.450. The number of nitrogens with zero attached hydrogens (tertiary/aromatic N) is 5. The van der Waals surface area contributed by atoms with Gasteiger partial charge in [-0.15, -0.1) is 5.10 Å². The number of hydrogen-bond acceptors (Lipinski definition) is 8. The van der Waals surface area contributed by atoms with Crippen molar-refractivity contribution in [1.82, 2.24) is 19.6 Å². The number of ether oxygens (including phenoxy) is 1. The number of rotatable bonds is 7. The third-order valence-corrected chi connectivity index (χ3v) is 5.26. The number of halogens is 1. The maximum Gasteiger partial charge on any atom is 0.299 e. The van der Waals surface area contributed by atoms with Gasteiger partial charge in [-0.1, -0.05) is 6.07 Å². The lowest BCUT2D eigenvalue weighted by molar-refractivity contribution is -0.383. The first-order valence-electron chi connectivity index (χ1n) is 8.40. The highest BCUT2D eigenvalue weighted by atomic mass is 32.2. The second-order valence-corrected chi connectivity index (χ2v) is 7.60. The molecule has 0 aliphatic carbocycles. The van der Waals surface area contributed by atoms with E-state index >= 15 is 0 Å². The number of nitro groups is 1. The van der Waals surface area contributed by atoms with Crippen LogP contribution in [0.1, 0.15) is 23.7 Å². The van der Waals surface area contributed by atoms with Crippen LogP contribution in [0.15, 0.2) is 23.4 Å². The molecule has 0 aliphatic rings. The summed E-state index contributed by atoms with van der Waals surface area (Å²) in [5.41, 5.74) is 0.448. The molecule has 0 aliphatic heterocycles. The Kier molecular flexibility index (Phi) is 5.33.